The van der Waals surface area contributed by atoms with Crippen molar-refractivity contribution in [3.8, 4) is 0 Å². The number of hydrogen-bond donors (Lipinski definition) is 1. The molecule has 2 heteroatoms. The quantitative estimate of drug-likeness (QED) is 0.608. The van der Waals surface area contributed by atoms with Crippen LogP contribution in [0.15, 0.2) is 0 Å². The van der Waals surface area contributed by atoms with E-state index in [-0.39, 0.29) is 6.10 Å². The van der Waals surface area contributed by atoms with Crippen molar-refractivity contribution in [2.75, 3.05) is 5.33 Å². The molecule has 1 saturated carbocycles. The van der Waals surface area contributed by atoms with Crippen LogP contribution in [0.3, 0.4) is 0 Å². The summed E-state index contributed by atoms with van der Waals surface area (Å²) in [5, 5.41) is 9.70. The van der Waals surface area contributed by atoms with Gasteiger partial charge in [-0.2, -0.15) is 0 Å². The van der Waals surface area contributed by atoms with Gasteiger partial charge in [0.2, 0.25) is 0 Å². The van der Waals surface area contributed by atoms with E-state index in [1.54, 1.807) is 0 Å². The normalized spacial score (nSPS) is 24.9. The second kappa shape index (κ2) is 2.14. The molecule has 0 amide bonds. The van der Waals surface area contributed by atoms with Gasteiger partial charge in [0.05, 0.1) is 6.10 Å². The lowest BCUT2D eigenvalue weighted by atomic mass is 10.3. The first-order valence-corrected chi connectivity index (χ1v) is 3.71. The zero-order valence-electron chi connectivity index (χ0n) is 4.10. The highest BCUT2D eigenvalue weighted by Crippen LogP contribution is 2.32. The van der Waals surface area contributed by atoms with Gasteiger partial charge in [-0.1, -0.05) is 15.9 Å². The van der Waals surface area contributed by atoms with Gasteiger partial charge in [-0.3, -0.25) is 0 Å². The average Bonchev–Trinajstić information content (AvgIpc) is 2.44. The Morgan fingerprint density at radius 1 is 1.71 bits per heavy atom. The fourth-order valence-corrected chi connectivity index (χ4v) is 1.14. The molecule has 0 heterocycles. The van der Waals surface area contributed by atoms with Crippen LogP contribution in [0.25, 0.3) is 0 Å². The third kappa shape index (κ3) is 1.42. The molecule has 0 aromatic carbocycles. The number of halogens is 1. The van der Waals surface area contributed by atoms with Crippen LogP contribution in [0.1, 0.15) is 12.8 Å². The van der Waals surface area contributed by atoms with E-state index in [1.165, 1.54) is 12.8 Å². The Morgan fingerprint density at radius 3 is 2.43 bits per heavy atom. The average molecular weight is 165 g/mol. The number of aliphatic hydroxyl groups is 1. The molecule has 1 aliphatic rings. The van der Waals surface area contributed by atoms with Gasteiger partial charge in [0.25, 0.3) is 0 Å². The van der Waals surface area contributed by atoms with Crippen molar-refractivity contribution < 1.29 is 5.11 Å². The molecule has 0 saturated heterocycles. The van der Waals surface area contributed by atoms with Crippen molar-refractivity contribution in [3.05, 3.63) is 0 Å². The minimum atomic E-state index is -0.0694. The zero-order chi connectivity index (χ0) is 5.28. The van der Waals surface area contributed by atoms with Crippen LogP contribution in [0.2, 0.25) is 0 Å². The fourth-order valence-electron chi connectivity index (χ4n) is 0.607. The van der Waals surface area contributed by atoms with Crippen molar-refractivity contribution in [1.82, 2.24) is 0 Å². The summed E-state index contributed by atoms with van der Waals surface area (Å²) in [5.74, 6) is 0.624. The minimum absolute atomic E-state index is 0.0694. The van der Waals surface area contributed by atoms with Crippen LogP contribution in [0, 0.1) is 5.92 Å². The first-order valence-electron chi connectivity index (χ1n) is 2.58. The summed E-state index contributed by atoms with van der Waals surface area (Å²) in [6, 6.07) is 0. The van der Waals surface area contributed by atoms with Crippen molar-refractivity contribution >= 4 is 15.9 Å². The van der Waals surface area contributed by atoms with Crippen LogP contribution >= 0.6 is 15.9 Å². The Hall–Kier alpha value is 0.440. The van der Waals surface area contributed by atoms with Crippen molar-refractivity contribution in [2.45, 2.75) is 18.9 Å². The SMILES string of the molecule is OC(CBr)C1CC1. The highest BCUT2D eigenvalue weighted by atomic mass is 79.9. The van der Waals surface area contributed by atoms with Crippen LogP contribution in [0.5, 0.6) is 0 Å². The lowest BCUT2D eigenvalue weighted by Crippen LogP contribution is -2.09. The van der Waals surface area contributed by atoms with E-state index in [0.717, 1.165) is 5.33 Å². The molecule has 0 radical (unpaired) electrons. The Kier molecular flexibility index (Phi) is 1.70. The summed E-state index contributed by atoms with van der Waals surface area (Å²) < 4.78 is 0. The number of hydrogen-bond acceptors (Lipinski definition) is 1. The van der Waals surface area contributed by atoms with E-state index in [4.69, 9.17) is 5.11 Å². The Balaban J connectivity index is 2.10. The second-order valence-electron chi connectivity index (χ2n) is 2.06. The molecule has 1 rings (SSSR count). The lowest BCUT2D eigenvalue weighted by Gasteiger charge is -1.99. The molecule has 1 aliphatic carbocycles. The Labute approximate surface area is 51.9 Å². The van der Waals surface area contributed by atoms with E-state index < -0.39 is 0 Å². The largest absolute Gasteiger partial charge is 0.392 e. The molecule has 1 unspecified atom stereocenters. The van der Waals surface area contributed by atoms with Gasteiger partial charge >= 0.3 is 0 Å². The monoisotopic (exact) mass is 164 g/mol. The minimum Gasteiger partial charge on any atom is -0.392 e. The van der Waals surface area contributed by atoms with Crippen LogP contribution in [-0.4, -0.2) is 16.5 Å². The van der Waals surface area contributed by atoms with Crippen molar-refractivity contribution in [3.63, 3.8) is 0 Å². The van der Waals surface area contributed by atoms with E-state index in [2.05, 4.69) is 15.9 Å². The molecule has 0 bridgehead atoms. The molecule has 7 heavy (non-hydrogen) atoms. The maximum Gasteiger partial charge on any atom is 0.0665 e. The van der Waals surface area contributed by atoms with Gasteiger partial charge in [0.15, 0.2) is 0 Å². The molecular formula is C5H9BrO. The molecule has 1 atom stereocenters. The smallest absolute Gasteiger partial charge is 0.0665 e. The first kappa shape index (κ1) is 5.57. The first-order chi connectivity index (χ1) is 3.34. The molecule has 1 N–H and O–H groups in total. The van der Waals surface area contributed by atoms with Gasteiger partial charge in [0.1, 0.15) is 0 Å². The van der Waals surface area contributed by atoms with E-state index >= 15 is 0 Å². The summed E-state index contributed by atoms with van der Waals surface area (Å²) in [6.07, 6.45) is 2.39. The van der Waals surface area contributed by atoms with Crippen LogP contribution in [-0.2, 0) is 0 Å². The van der Waals surface area contributed by atoms with Gasteiger partial charge in [-0.25, -0.2) is 0 Å². The third-order valence-electron chi connectivity index (χ3n) is 1.32. The molecule has 1 nitrogen and oxygen atoms in total. The van der Waals surface area contributed by atoms with E-state index in [9.17, 15) is 0 Å². The van der Waals surface area contributed by atoms with Crippen molar-refractivity contribution in [2.24, 2.45) is 5.92 Å². The predicted octanol–water partition coefficient (Wildman–Crippen LogP) is 1.15. The zero-order valence-corrected chi connectivity index (χ0v) is 5.69. The molecule has 42 valence electrons. The molecule has 0 aromatic heterocycles. The Bertz CT molecular complexity index is 61.1. The summed E-state index contributed by atoms with van der Waals surface area (Å²) >= 11 is 3.21. The summed E-state index contributed by atoms with van der Waals surface area (Å²) in [5.41, 5.74) is 0. The lowest BCUT2D eigenvalue weighted by molar-refractivity contribution is 0.177. The molecule has 0 spiro atoms. The standard InChI is InChI=1S/C5H9BrO/c6-3-5(7)4-1-2-4/h4-5,7H,1-3H2. The summed E-state index contributed by atoms with van der Waals surface area (Å²) in [6.45, 7) is 0. The van der Waals surface area contributed by atoms with E-state index in [1.807, 2.05) is 0 Å². The highest BCUT2D eigenvalue weighted by molar-refractivity contribution is 9.09. The summed E-state index contributed by atoms with van der Waals surface area (Å²) in [7, 11) is 0. The van der Waals surface area contributed by atoms with Gasteiger partial charge in [-0.15, -0.1) is 0 Å². The molecule has 0 aliphatic heterocycles. The maximum atomic E-state index is 8.95. The molecular weight excluding hydrogens is 156 g/mol. The molecule has 1 fully saturated rings. The maximum absolute atomic E-state index is 8.95. The van der Waals surface area contributed by atoms with Crippen LogP contribution in [0.4, 0.5) is 0 Å². The van der Waals surface area contributed by atoms with Crippen LogP contribution < -0.4 is 0 Å². The number of aliphatic hydroxyl groups excluding tert-OH is 1. The molecule has 0 aromatic rings. The topological polar surface area (TPSA) is 20.2 Å². The highest BCUT2D eigenvalue weighted by Gasteiger charge is 2.28. The Morgan fingerprint density at radius 2 is 2.29 bits per heavy atom. The second-order valence-corrected chi connectivity index (χ2v) is 2.71. The number of rotatable bonds is 2. The third-order valence-corrected chi connectivity index (χ3v) is 1.99. The van der Waals surface area contributed by atoms with Gasteiger partial charge in [-0.05, 0) is 18.8 Å². The fraction of sp³-hybridized carbons (Fsp3) is 1.00. The van der Waals surface area contributed by atoms with Crippen molar-refractivity contribution in [1.29, 1.82) is 0 Å². The van der Waals surface area contributed by atoms with E-state index in [0.29, 0.717) is 5.92 Å². The van der Waals surface area contributed by atoms with Gasteiger partial charge < -0.3 is 5.11 Å². The predicted molar refractivity (Wildman–Crippen MR) is 32.5 cm³/mol. The summed E-state index contributed by atoms with van der Waals surface area (Å²) in [4.78, 5) is 0. The number of alkyl halides is 1. The van der Waals surface area contributed by atoms with Gasteiger partial charge in [0, 0.05) is 5.33 Å².